The Hall–Kier alpha value is -2.03. The number of carbonyl (C=O) groups excluding carboxylic acids is 1. The summed E-state index contributed by atoms with van der Waals surface area (Å²) < 4.78 is 12.3. The van der Waals surface area contributed by atoms with Gasteiger partial charge in [0.15, 0.2) is 5.17 Å². The third-order valence-corrected chi connectivity index (χ3v) is 5.71. The molecule has 8 heteroatoms. The van der Waals surface area contributed by atoms with Gasteiger partial charge in [-0.2, -0.15) is 0 Å². The molecular weight excluding hydrogens is 508 g/mol. The predicted molar refractivity (Wildman–Crippen MR) is 121 cm³/mol. The molecule has 1 N–H and O–H groups in total. The molecule has 0 radical (unpaired) electrons. The zero-order chi connectivity index (χ0) is 20.1. The molecule has 1 amide bonds. The van der Waals surface area contributed by atoms with E-state index in [4.69, 9.17) is 9.47 Å². The summed E-state index contributed by atoms with van der Waals surface area (Å²) in [6, 6.07) is 11.1. The van der Waals surface area contributed by atoms with Gasteiger partial charge < -0.3 is 14.8 Å². The maximum Gasteiger partial charge on any atom is 0.264 e. The van der Waals surface area contributed by atoms with Crippen LogP contribution in [-0.4, -0.2) is 24.8 Å². The third kappa shape index (κ3) is 5.06. The van der Waals surface area contributed by atoms with Gasteiger partial charge >= 0.3 is 0 Å². The van der Waals surface area contributed by atoms with E-state index in [1.165, 1.54) is 11.8 Å². The number of nitrogens with one attached hydrogen (secondary N) is 1. The maximum absolute atomic E-state index is 12.3. The molecule has 1 aliphatic rings. The van der Waals surface area contributed by atoms with Crippen LogP contribution in [0.4, 0.5) is 5.69 Å². The highest BCUT2D eigenvalue weighted by Gasteiger charge is 2.24. The Morgan fingerprint density at radius 3 is 2.50 bits per heavy atom. The molecule has 0 atom stereocenters. The molecule has 5 nitrogen and oxygen atoms in total. The van der Waals surface area contributed by atoms with Crippen LogP contribution in [0.5, 0.6) is 11.5 Å². The van der Waals surface area contributed by atoms with E-state index in [9.17, 15) is 4.79 Å². The summed E-state index contributed by atoms with van der Waals surface area (Å²) in [5, 5.41) is 3.32. The zero-order valence-corrected chi connectivity index (χ0v) is 18.9. The van der Waals surface area contributed by atoms with Crippen LogP contribution < -0.4 is 14.8 Å². The molecule has 1 aliphatic heterocycles. The molecule has 0 unspecified atom stereocenters. The van der Waals surface area contributed by atoms with E-state index in [0.29, 0.717) is 22.4 Å². The van der Waals surface area contributed by atoms with Crippen molar-refractivity contribution in [3.8, 4) is 11.5 Å². The Morgan fingerprint density at radius 1 is 1.21 bits per heavy atom. The van der Waals surface area contributed by atoms with E-state index >= 15 is 0 Å². The average molecular weight is 524 g/mol. The molecule has 144 valence electrons. The van der Waals surface area contributed by atoms with Crippen LogP contribution in [0.1, 0.15) is 5.56 Å². The molecule has 1 heterocycles. The molecule has 1 fully saturated rings. The first-order valence-electron chi connectivity index (χ1n) is 8.16. The molecule has 0 bridgehead atoms. The molecule has 0 aromatic heterocycles. The summed E-state index contributed by atoms with van der Waals surface area (Å²) in [5.41, 5.74) is 1.59. The third-order valence-electron chi connectivity index (χ3n) is 3.62. The van der Waals surface area contributed by atoms with Gasteiger partial charge in [-0.1, -0.05) is 12.7 Å². The van der Waals surface area contributed by atoms with Gasteiger partial charge in [0.2, 0.25) is 0 Å². The number of carbonyl (C=O) groups is 1. The second-order valence-electron chi connectivity index (χ2n) is 5.59. The van der Waals surface area contributed by atoms with Crippen molar-refractivity contribution in [2.45, 2.75) is 0 Å². The van der Waals surface area contributed by atoms with Crippen molar-refractivity contribution in [2.75, 3.05) is 13.7 Å². The molecule has 2 aromatic carbocycles. The quantitative estimate of drug-likeness (QED) is 0.391. The first-order chi connectivity index (χ1) is 13.5. The molecular formula is C20H16Br2N2O3S. The molecule has 28 heavy (non-hydrogen) atoms. The van der Waals surface area contributed by atoms with E-state index < -0.39 is 0 Å². The lowest BCUT2D eigenvalue weighted by Crippen LogP contribution is -2.19. The van der Waals surface area contributed by atoms with Crippen LogP contribution in [0.2, 0.25) is 0 Å². The monoisotopic (exact) mass is 522 g/mol. The van der Waals surface area contributed by atoms with Crippen LogP contribution in [0.25, 0.3) is 6.08 Å². The van der Waals surface area contributed by atoms with Gasteiger partial charge in [0.25, 0.3) is 5.91 Å². The highest BCUT2D eigenvalue weighted by molar-refractivity contribution is 9.11. The number of hydrogen-bond donors (Lipinski definition) is 1. The van der Waals surface area contributed by atoms with Gasteiger partial charge in [-0.05, 0) is 91.7 Å². The minimum absolute atomic E-state index is 0.184. The van der Waals surface area contributed by atoms with Crippen molar-refractivity contribution in [2.24, 2.45) is 4.99 Å². The van der Waals surface area contributed by atoms with Crippen molar-refractivity contribution < 1.29 is 14.3 Å². The lowest BCUT2D eigenvalue weighted by molar-refractivity contribution is -0.115. The predicted octanol–water partition coefficient (Wildman–Crippen LogP) is 5.68. The summed E-state index contributed by atoms with van der Waals surface area (Å²) in [5.74, 6) is 1.26. The van der Waals surface area contributed by atoms with Crippen LogP contribution >= 0.6 is 43.6 Å². The number of amides is 1. The number of amidine groups is 1. The van der Waals surface area contributed by atoms with E-state index in [2.05, 4.69) is 48.7 Å². The van der Waals surface area contributed by atoms with Crippen molar-refractivity contribution in [3.05, 3.63) is 68.5 Å². The standard InChI is InChI=1S/C20H16Br2N2O3S/c1-3-8-27-18-15(21)9-12(10-16(18)22)11-17-19(25)24-20(28-17)23-13-4-6-14(26-2)7-5-13/h3-7,9-11H,1,8H2,2H3,(H,23,24,25)/b17-11-. The number of rotatable bonds is 6. The first-order valence-corrected chi connectivity index (χ1v) is 10.6. The highest BCUT2D eigenvalue weighted by atomic mass is 79.9. The smallest absolute Gasteiger partial charge is 0.264 e. The topological polar surface area (TPSA) is 59.9 Å². The molecule has 3 rings (SSSR count). The summed E-state index contributed by atoms with van der Waals surface area (Å²) in [7, 11) is 1.61. The Labute approximate surface area is 184 Å². The lowest BCUT2D eigenvalue weighted by Gasteiger charge is -2.09. The maximum atomic E-state index is 12.3. The van der Waals surface area contributed by atoms with E-state index in [1.807, 2.05) is 42.5 Å². The minimum atomic E-state index is -0.184. The fourth-order valence-electron chi connectivity index (χ4n) is 2.35. The Bertz CT molecular complexity index is 949. The fraction of sp³-hybridized carbons (Fsp3) is 0.100. The minimum Gasteiger partial charge on any atom is -0.497 e. The van der Waals surface area contributed by atoms with Crippen LogP contribution in [0.15, 0.2) is 67.9 Å². The van der Waals surface area contributed by atoms with Crippen molar-refractivity contribution in [3.63, 3.8) is 0 Å². The summed E-state index contributed by atoms with van der Waals surface area (Å²) >= 11 is 8.29. The summed E-state index contributed by atoms with van der Waals surface area (Å²) in [4.78, 5) is 17.3. The number of hydrogen-bond acceptors (Lipinski definition) is 5. The SMILES string of the molecule is C=CCOc1c(Br)cc(/C=C2\SC(=Nc3ccc(OC)cc3)NC2=O)cc1Br. The normalized spacial score (nSPS) is 16.3. The van der Waals surface area contributed by atoms with Gasteiger partial charge in [-0.15, -0.1) is 0 Å². The molecule has 0 saturated carbocycles. The van der Waals surface area contributed by atoms with Crippen LogP contribution in [0, 0.1) is 0 Å². The highest BCUT2D eigenvalue weighted by Crippen LogP contribution is 2.36. The number of nitrogens with zero attached hydrogens (tertiary/aromatic N) is 1. The van der Waals surface area contributed by atoms with Crippen molar-refractivity contribution in [1.29, 1.82) is 0 Å². The molecule has 0 aliphatic carbocycles. The second-order valence-corrected chi connectivity index (χ2v) is 8.33. The van der Waals surface area contributed by atoms with E-state index in [1.54, 1.807) is 13.2 Å². The number of benzene rings is 2. The van der Waals surface area contributed by atoms with Crippen molar-refractivity contribution >= 4 is 66.5 Å². The molecule has 1 saturated heterocycles. The van der Waals surface area contributed by atoms with Crippen LogP contribution in [0.3, 0.4) is 0 Å². The Balaban J connectivity index is 1.80. The Kier molecular flexibility index (Phi) is 6.98. The Morgan fingerprint density at radius 2 is 1.89 bits per heavy atom. The number of thioether (sulfide) groups is 1. The van der Waals surface area contributed by atoms with Crippen molar-refractivity contribution in [1.82, 2.24) is 5.32 Å². The second kappa shape index (κ2) is 9.45. The average Bonchev–Trinajstić information content (AvgIpc) is 3.00. The number of ether oxygens (including phenoxy) is 2. The lowest BCUT2D eigenvalue weighted by atomic mass is 10.2. The first kappa shape index (κ1) is 20.7. The van der Waals surface area contributed by atoms with Gasteiger partial charge in [0.1, 0.15) is 18.1 Å². The van der Waals surface area contributed by atoms with E-state index in [-0.39, 0.29) is 5.91 Å². The van der Waals surface area contributed by atoms with Crippen LogP contribution in [-0.2, 0) is 4.79 Å². The van der Waals surface area contributed by atoms with E-state index in [0.717, 1.165) is 25.9 Å². The number of methoxy groups -OCH3 is 1. The van der Waals surface area contributed by atoms with Gasteiger partial charge in [0, 0.05) is 0 Å². The molecule has 0 spiro atoms. The zero-order valence-electron chi connectivity index (χ0n) is 14.9. The largest absolute Gasteiger partial charge is 0.497 e. The fourth-order valence-corrected chi connectivity index (χ4v) is 4.64. The summed E-state index contributed by atoms with van der Waals surface area (Å²) in [6.45, 7) is 4.05. The molecule has 2 aromatic rings. The number of halogens is 2. The van der Waals surface area contributed by atoms with Gasteiger partial charge in [-0.3, -0.25) is 4.79 Å². The number of aliphatic imine (C=N–C) groups is 1. The van der Waals surface area contributed by atoms with Gasteiger partial charge in [-0.25, -0.2) is 4.99 Å². The summed E-state index contributed by atoms with van der Waals surface area (Å²) in [6.07, 6.45) is 3.49. The van der Waals surface area contributed by atoms with Gasteiger partial charge in [0.05, 0.1) is 26.6 Å².